The zero-order valence-corrected chi connectivity index (χ0v) is 15.0. The molecule has 0 radical (unpaired) electrons. The van der Waals surface area contributed by atoms with Crippen molar-refractivity contribution in [2.24, 2.45) is 0 Å². The van der Waals surface area contributed by atoms with E-state index in [2.05, 4.69) is 4.98 Å². The fraction of sp³-hybridized carbons (Fsp3) is 0.235. The van der Waals surface area contributed by atoms with Gasteiger partial charge in [-0.05, 0) is 29.8 Å². The van der Waals surface area contributed by atoms with Crippen LogP contribution in [0.2, 0.25) is 0 Å². The summed E-state index contributed by atoms with van der Waals surface area (Å²) in [6.07, 6.45) is 2.87. The largest absolute Gasteiger partial charge is 0.496 e. The first-order chi connectivity index (χ1) is 11.9. The van der Waals surface area contributed by atoms with E-state index in [1.807, 2.05) is 0 Å². The quantitative estimate of drug-likeness (QED) is 0.804. The maximum Gasteiger partial charge on any atom is 0.236 e. The molecule has 2 N–H and O–H groups in total. The van der Waals surface area contributed by atoms with Gasteiger partial charge >= 0.3 is 0 Å². The number of hydrogen-bond acceptors (Lipinski definition) is 7. The summed E-state index contributed by atoms with van der Waals surface area (Å²) in [5, 5.41) is 1.12. The number of aromatic nitrogens is 1. The van der Waals surface area contributed by atoms with E-state index < -0.39 is 9.84 Å². The summed E-state index contributed by atoms with van der Waals surface area (Å²) in [7, 11) is 0.909. The zero-order valence-electron chi connectivity index (χ0n) is 14.2. The standard InChI is InChI=1S/C17H20N2O5S/c1-22-15-5-4-6-16(23-2)13(15)7-8-25(20,21)11-12-9-14(18)17(24-3)19-10-12/h4-10H,11,18H2,1-3H3. The van der Waals surface area contributed by atoms with Gasteiger partial charge in [0.25, 0.3) is 0 Å². The molecule has 7 nitrogen and oxygen atoms in total. The van der Waals surface area contributed by atoms with E-state index >= 15 is 0 Å². The van der Waals surface area contributed by atoms with Crippen molar-refractivity contribution >= 4 is 21.6 Å². The number of rotatable bonds is 7. The van der Waals surface area contributed by atoms with Crippen LogP contribution in [0.5, 0.6) is 17.4 Å². The Labute approximate surface area is 147 Å². The van der Waals surface area contributed by atoms with Crippen LogP contribution in [0.15, 0.2) is 35.9 Å². The molecule has 0 atom stereocenters. The molecule has 25 heavy (non-hydrogen) atoms. The molecule has 0 saturated heterocycles. The van der Waals surface area contributed by atoms with Crippen molar-refractivity contribution in [1.29, 1.82) is 0 Å². The first kappa shape index (κ1) is 18.6. The van der Waals surface area contributed by atoms with Crippen molar-refractivity contribution in [1.82, 2.24) is 4.98 Å². The normalized spacial score (nSPS) is 11.5. The van der Waals surface area contributed by atoms with Gasteiger partial charge in [-0.15, -0.1) is 0 Å². The van der Waals surface area contributed by atoms with E-state index in [9.17, 15) is 8.42 Å². The molecule has 0 aliphatic rings. The number of methoxy groups -OCH3 is 3. The highest BCUT2D eigenvalue weighted by Gasteiger charge is 2.13. The van der Waals surface area contributed by atoms with Crippen molar-refractivity contribution in [3.63, 3.8) is 0 Å². The van der Waals surface area contributed by atoms with Crippen LogP contribution in [0, 0.1) is 0 Å². The van der Waals surface area contributed by atoms with Crippen molar-refractivity contribution in [2.75, 3.05) is 27.1 Å². The highest BCUT2D eigenvalue weighted by Crippen LogP contribution is 2.30. The molecule has 1 aromatic carbocycles. The minimum Gasteiger partial charge on any atom is -0.496 e. The topological polar surface area (TPSA) is 101 Å². The van der Waals surface area contributed by atoms with Gasteiger partial charge in [0.05, 0.1) is 38.3 Å². The third kappa shape index (κ3) is 4.63. The molecule has 2 rings (SSSR count). The molecule has 2 aromatic rings. The summed E-state index contributed by atoms with van der Waals surface area (Å²) < 4.78 is 40.2. The summed E-state index contributed by atoms with van der Waals surface area (Å²) in [4.78, 5) is 3.98. The summed E-state index contributed by atoms with van der Waals surface area (Å²) in [6.45, 7) is 0. The molecule has 0 aliphatic carbocycles. The van der Waals surface area contributed by atoms with E-state index in [0.29, 0.717) is 22.6 Å². The zero-order chi connectivity index (χ0) is 18.4. The molecule has 0 amide bonds. The predicted octanol–water partition coefficient (Wildman–Crippen LogP) is 2.28. The van der Waals surface area contributed by atoms with Crippen LogP contribution in [0.25, 0.3) is 6.08 Å². The van der Waals surface area contributed by atoms with Gasteiger partial charge in [0, 0.05) is 11.6 Å². The van der Waals surface area contributed by atoms with Crippen LogP contribution < -0.4 is 19.9 Å². The number of benzene rings is 1. The molecule has 134 valence electrons. The van der Waals surface area contributed by atoms with Crippen LogP contribution >= 0.6 is 0 Å². The van der Waals surface area contributed by atoms with Gasteiger partial charge in [-0.2, -0.15) is 0 Å². The van der Waals surface area contributed by atoms with Crippen LogP contribution in [0.3, 0.4) is 0 Å². The average molecular weight is 364 g/mol. The van der Waals surface area contributed by atoms with Crippen LogP contribution in [-0.2, 0) is 15.6 Å². The molecule has 0 bridgehead atoms. The Morgan fingerprint density at radius 3 is 2.28 bits per heavy atom. The minimum atomic E-state index is -3.55. The molecule has 0 saturated carbocycles. The molecule has 0 fully saturated rings. The number of nitrogens with zero attached hydrogens (tertiary/aromatic N) is 1. The fourth-order valence-corrected chi connectivity index (χ4v) is 3.32. The maximum atomic E-state index is 12.4. The number of anilines is 1. The summed E-state index contributed by atoms with van der Waals surface area (Å²) in [6, 6.07) is 6.74. The van der Waals surface area contributed by atoms with Crippen LogP contribution in [0.1, 0.15) is 11.1 Å². The summed E-state index contributed by atoms with van der Waals surface area (Å²) >= 11 is 0. The molecule has 0 aliphatic heterocycles. The second-order valence-electron chi connectivity index (χ2n) is 5.13. The van der Waals surface area contributed by atoms with E-state index in [1.165, 1.54) is 39.7 Å². The van der Waals surface area contributed by atoms with Crippen molar-refractivity contribution in [3.8, 4) is 17.4 Å². The number of pyridine rings is 1. The van der Waals surface area contributed by atoms with E-state index in [1.54, 1.807) is 18.2 Å². The number of ether oxygens (including phenoxy) is 3. The van der Waals surface area contributed by atoms with Gasteiger partial charge in [0.1, 0.15) is 11.5 Å². The van der Waals surface area contributed by atoms with Crippen molar-refractivity contribution in [3.05, 3.63) is 47.0 Å². The first-order valence-corrected chi connectivity index (χ1v) is 9.02. The summed E-state index contributed by atoms with van der Waals surface area (Å²) in [5.74, 6) is 1.06. The second kappa shape index (κ2) is 7.89. The molecule has 8 heteroatoms. The number of sulfone groups is 1. The Kier molecular flexibility index (Phi) is 5.87. The first-order valence-electron chi connectivity index (χ1n) is 7.30. The van der Waals surface area contributed by atoms with Gasteiger partial charge in [-0.3, -0.25) is 0 Å². The van der Waals surface area contributed by atoms with Crippen molar-refractivity contribution < 1.29 is 22.6 Å². The Morgan fingerprint density at radius 1 is 1.12 bits per heavy atom. The minimum absolute atomic E-state index is 0.234. The third-order valence-electron chi connectivity index (χ3n) is 3.40. The van der Waals surface area contributed by atoms with E-state index in [0.717, 1.165) is 5.41 Å². The van der Waals surface area contributed by atoms with Gasteiger partial charge < -0.3 is 19.9 Å². The predicted molar refractivity (Wildman–Crippen MR) is 96.4 cm³/mol. The van der Waals surface area contributed by atoms with E-state index in [4.69, 9.17) is 19.9 Å². The lowest BCUT2D eigenvalue weighted by atomic mass is 10.2. The monoisotopic (exact) mass is 364 g/mol. The number of hydrogen-bond donors (Lipinski definition) is 1. The van der Waals surface area contributed by atoms with Gasteiger partial charge in [-0.25, -0.2) is 13.4 Å². The van der Waals surface area contributed by atoms with E-state index in [-0.39, 0.29) is 17.3 Å². The van der Waals surface area contributed by atoms with Gasteiger partial charge in [0.2, 0.25) is 5.88 Å². The number of nitrogen functional groups attached to an aromatic ring is 1. The Hall–Kier alpha value is -2.74. The molecule has 0 spiro atoms. The Balaban J connectivity index is 2.27. The van der Waals surface area contributed by atoms with Crippen LogP contribution in [0.4, 0.5) is 5.69 Å². The molecular formula is C17H20N2O5S. The van der Waals surface area contributed by atoms with Gasteiger partial charge in [-0.1, -0.05) is 6.07 Å². The molecule has 1 heterocycles. The Morgan fingerprint density at radius 2 is 1.76 bits per heavy atom. The SMILES string of the molecule is COc1cccc(OC)c1C=CS(=O)(=O)Cc1cnc(OC)c(N)c1. The number of nitrogens with two attached hydrogens (primary N) is 1. The van der Waals surface area contributed by atoms with Crippen molar-refractivity contribution in [2.45, 2.75) is 5.75 Å². The lowest BCUT2D eigenvalue weighted by Gasteiger charge is -2.09. The lowest BCUT2D eigenvalue weighted by Crippen LogP contribution is -2.03. The molecule has 0 unspecified atom stereocenters. The maximum absolute atomic E-state index is 12.4. The summed E-state index contributed by atoms with van der Waals surface area (Å²) in [5.41, 5.74) is 7.05. The molecular weight excluding hydrogens is 344 g/mol. The van der Waals surface area contributed by atoms with Crippen LogP contribution in [-0.4, -0.2) is 34.7 Å². The lowest BCUT2D eigenvalue weighted by molar-refractivity contribution is 0.392. The Bertz CT molecular complexity index is 856. The highest BCUT2D eigenvalue weighted by molar-refractivity contribution is 7.93. The second-order valence-corrected chi connectivity index (χ2v) is 7.01. The highest BCUT2D eigenvalue weighted by atomic mass is 32.2. The molecule has 1 aromatic heterocycles. The fourth-order valence-electron chi connectivity index (χ4n) is 2.26. The van der Waals surface area contributed by atoms with Gasteiger partial charge in [0.15, 0.2) is 9.84 Å². The third-order valence-corrected chi connectivity index (χ3v) is 4.69. The average Bonchev–Trinajstić information content (AvgIpc) is 2.59. The smallest absolute Gasteiger partial charge is 0.236 e.